The molecule has 0 saturated heterocycles. The highest BCUT2D eigenvalue weighted by Gasteiger charge is 2.10. The quantitative estimate of drug-likeness (QED) is 0.325. The van der Waals surface area contributed by atoms with Crippen molar-refractivity contribution < 1.29 is 9.84 Å². The number of hydrogen-bond donors (Lipinski definition) is 1. The fourth-order valence-electron chi connectivity index (χ4n) is 3.84. The maximum Gasteiger partial charge on any atom is 0.266 e. The molecule has 33 heavy (non-hydrogen) atoms. The van der Waals surface area contributed by atoms with Crippen LogP contribution < -0.4 is 10.3 Å². The van der Waals surface area contributed by atoms with Gasteiger partial charge in [-0.15, -0.1) is 0 Å². The van der Waals surface area contributed by atoms with Gasteiger partial charge in [-0.1, -0.05) is 53.9 Å². The van der Waals surface area contributed by atoms with Crippen molar-refractivity contribution in [3.8, 4) is 22.8 Å². The van der Waals surface area contributed by atoms with Crippen molar-refractivity contribution in [1.82, 2.24) is 14.7 Å². The van der Waals surface area contributed by atoms with Crippen molar-refractivity contribution in [2.75, 3.05) is 20.2 Å². The van der Waals surface area contributed by atoms with Crippen LogP contribution in [0.3, 0.4) is 0 Å². The molecule has 0 spiro atoms. The summed E-state index contributed by atoms with van der Waals surface area (Å²) in [7, 11) is 1.71. The van der Waals surface area contributed by atoms with Gasteiger partial charge in [-0.25, -0.2) is 4.68 Å². The highest BCUT2D eigenvalue weighted by atomic mass is 79.9. The molecule has 6 nitrogen and oxygen atoms in total. The van der Waals surface area contributed by atoms with Gasteiger partial charge in [-0.2, -0.15) is 5.10 Å². The summed E-state index contributed by atoms with van der Waals surface area (Å²) in [5.41, 5.74) is 2.28. The summed E-state index contributed by atoms with van der Waals surface area (Å²) in [5.74, 6) is 1.08. The van der Waals surface area contributed by atoms with E-state index in [0.717, 1.165) is 55.5 Å². The average molecular weight is 514 g/mol. The first kappa shape index (κ1) is 25.0. The Kier molecular flexibility index (Phi) is 9.51. The van der Waals surface area contributed by atoms with Gasteiger partial charge in [0.05, 0.1) is 12.8 Å². The van der Waals surface area contributed by atoms with Gasteiger partial charge in [0.15, 0.2) is 0 Å². The molecule has 3 rings (SSSR count). The summed E-state index contributed by atoms with van der Waals surface area (Å²) in [6.45, 7) is 5.66. The van der Waals surface area contributed by atoms with E-state index in [2.05, 4.69) is 45.0 Å². The molecule has 0 unspecified atom stereocenters. The number of rotatable bonds is 12. The minimum absolute atomic E-state index is 0.123. The van der Waals surface area contributed by atoms with Gasteiger partial charge in [0.1, 0.15) is 11.5 Å². The molecule has 1 heterocycles. The van der Waals surface area contributed by atoms with Gasteiger partial charge in [-0.05, 0) is 56.3 Å². The van der Waals surface area contributed by atoms with Gasteiger partial charge in [0.25, 0.3) is 5.56 Å². The molecule has 0 atom stereocenters. The number of para-hydroxylation sites is 1. The fraction of sp³-hybridized carbons (Fsp3) is 0.385. The van der Waals surface area contributed by atoms with Crippen LogP contribution in [-0.4, -0.2) is 40.0 Å². The predicted octanol–water partition coefficient (Wildman–Crippen LogP) is 5.47. The number of unbranched alkanes of at least 4 members (excludes halogenated alkanes) is 3. The summed E-state index contributed by atoms with van der Waals surface area (Å²) in [5, 5.41) is 14.6. The lowest BCUT2D eigenvalue weighted by molar-refractivity contribution is 0.267. The number of aromatic hydroxyl groups is 1. The standard InChI is InChI=1S/C26H32BrN3O3/c1-3-29(19-20-10-6-7-11-25(20)33-2)16-8-4-5-9-17-30-26(32)15-13-23(28-30)22-18-21(27)12-14-24(22)31/h6-7,10-15,18,31H,3-5,8-9,16-17,19H2,1-2H3. The van der Waals surface area contributed by atoms with Gasteiger partial charge < -0.3 is 9.84 Å². The summed E-state index contributed by atoms with van der Waals surface area (Å²) in [6.07, 6.45) is 4.13. The van der Waals surface area contributed by atoms with Crippen molar-refractivity contribution in [2.24, 2.45) is 0 Å². The Labute approximate surface area is 204 Å². The van der Waals surface area contributed by atoms with Gasteiger partial charge >= 0.3 is 0 Å². The average Bonchev–Trinajstić information content (AvgIpc) is 2.83. The molecular formula is C26H32BrN3O3. The van der Waals surface area contributed by atoms with Crippen molar-refractivity contribution in [2.45, 2.75) is 45.7 Å². The third kappa shape index (κ3) is 7.17. The number of halogens is 1. The molecule has 0 aliphatic carbocycles. The van der Waals surface area contributed by atoms with E-state index >= 15 is 0 Å². The Morgan fingerprint density at radius 2 is 1.85 bits per heavy atom. The number of phenols is 1. The Bertz CT molecular complexity index is 1100. The highest BCUT2D eigenvalue weighted by Crippen LogP contribution is 2.30. The number of benzene rings is 2. The predicted molar refractivity (Wildman–Crippen MR) is 136 cm³/mol. The van der Waals surface area contributed by atoms with Crippen LogP contribution in [0.4, 0.5) is 0 Å². The maximum absolute atomic E-state index is 12.2. The minimum atomic E-state index is -0.123. The molecule has 0 fully saturated rings. The van der Waals surface area contributed by atoms with E-state index in [1.54, 1.807) is 31.4 Å². The highest BCUT2D eigenvalue weighted by molar-refractivity contribution is 9.10. The first-order valence-corrected chi connectivity index (χ1v) is 12.2. The Morgan fingerprint density at radius 3 is 2.64 bits per heavy atom. The summed E-state index contributed by atoms with van der Waals surface area (Å²) < 4.78 is 7.82. The van der Waals surface area contributed by atoms with Gasteiger partial charge in [-0.3, -0.25) is 9.69 Å². The Morgan fingerprint density at radius 1 is 1.06 bits per heavy atom. The number of aromatic nitrogens is 2. The lowest BCUT2D eigenvalue weighted by atomic mass is 10.1. The van der Waals surface area contributed by atoms with Crippen LogP contribution in [0.5, 0.6) is 11.5 Å². The molecule has 0 radical (unpaired) electrons. The molecule has 2 aromatic carbocycles. The first-order chi connectivity index (χ1) is 16.0. The number of aryl methyl sites for hydroxylation is 1. The molecule has 0 bridgehead atoms. The third-order valence-corrected chi connectivity index (χ3v) is 6.22. The van der Waals surface area contributed by atoms with Gasteiger partial charge in [0.2, 0.25) is 0 Å². The molecule has 0 saturated carbocycles. The molecule has 0 aliphatic heterocycles. The number of methoxy groups -OCH3 is 1. The largest absolute Gasteiger partial charge is 0.507 e. The second-order valence-electron chi connectivity index (χ2n) is 8.04. The van der Waals surface area contributed by atoms with Crippen LogP contribution in [0, 0.1) is 0 Å². The van der Waals surface area contributed by atoms with Crippen LogP contribution in [-0.2, 0) is 13.1 Å². The molecule has 3 aromatic rings. The molecule has 7 heteroatoms. The second kappa shape index (κ2) is 12.6. The van der Waals surface area contributed by atoms with Crippen LogP contribution in [0.1, 0.15) is 38.2 Å². The van der Waals surface area contributed by atoms with E-state index < -0.39 is 0 Å². The minimum Gasteiger partial charge on any atom is -0.507 e. The van der Waals surface area contributed by atoms with Crippen molar-refractivity contribution in [1.29, 1.82) is 0 Å². The zero-order valence-electron chi connectivity index (χ0n) is 19.3. The number of hydrogen-bond acceptors (Lipinski definition) is 5. The zero-order chi connectivity index (χ0) is 23.6. The van der Waals surface area contributed by atoms with Crippen molar-refractivity contribution >= 4 is 15.9 Å². The molecule has 176 valence electrons. The fourth-order valence-corrected chi connectivity index (χ4v) is 4.20. The summed E-state index contributed by atoms with van der Waals surface area (Å²) in [4.78, 5) is 14.7. The second-order valence-corrected chi connectivity index (χ2v) is 8.95. The molecule has 0 amide bonds. The smallest absolute Gasteiger partial charge is 0.266 e. The molecular weight excluding hydrogens is 482 g/mol. The van der Waals surface area contributed by atoms with Crippen LogP contribution in [0.25, 0.3) is 11.3 Å². The summed E-state index contributed by atoms with van der Waals surface area (Å²) >= 11 is 3.42. The van der Waals surface area contributed by atoms with Crippen molar-refractivity contribution in [3.63, 3.8) is 0 Å². The van der Waals surface area contributed by atoms with E-state index in [1.165, 1.54) is 16.3 Å². The van der Waals surface area contributed by atoms with Crippen LogP contribution in [0.15, 0.2) is 63.9 Å². The van der Waals surface area contributed by atoms with E-state index in [1.807, 2.05) is 12.1 Å². The number of nitrogens with zero attached hydrogens (tertiary/aromatic N) is 3. The molecule has 1 aromatic heterocycles. The zero-order valence-corrected chi connectivity index (χ0v) is 20.9. The normalized spacial score (nSPS) is 11.2. The first-order valence-electron chi connectivity index (χ1n) is 11.4. The van der Waals surface area contributed by atoms with E-state index in [-0.39, 0.29) is 11.3 Å². The summed E-state index contributed by atoms with van der Waals surface area (Å²) in [6, 6.07) is 16.5. The Balaban J connectivity index is 1.47. The molecule has 0 aliphatic rings. The van der Waals surface area contributed by atoms with Gasteiger partial charge in [0, 0.05) is 34.8 Å². The third-order valence-electron chi connectivity index (χ3n) is 5.73. The van der Waals surface area contributed by atoms with E-state index in [9.17, 15) is 9.90 Å². The lowest BCUT2D eigenvalue weighted by Crippen LogP contribution is -2.24. The number of phenolic OH excluding ortho intramolecular Hbond substituents is 1. The van der Waals surface area contributed by atoms with E-state index in [4.69, 9.17) is 4.74 Å². The van der Waals surface area contributed by atoms with Crippen LogP contribution >= 0.6 is 15.9 Å². The van der Waals surface area contributed by atoms with E-state index in [0.29, 0.717) is 17.8 Å². The monoisotopic (exact) mass is 513 g/mol. The van der Waals surface area contributed by atoms with Crippen molar-refractivity contribution in [3.05, 3.63) is 75.0 Å². The Hall–Kier alpha value is -2.64. The molecule has 1 N–H and O–H groups in total. The number of ether oxygens (including phenoxy) is 1. The van der Waals surface area contributed by atoms with Crippen LogP contribution in [0.2, 0.25) is 0 Å². The lowest BCUT2D eigenvalue weighted by Gasteiger charge is -2.21. The SMILES string of the molecule is CCN(CCCCCCn1nc(-c2cc(Br)ccc2O)ccc1=O)Cc1ccccc1OC. The topological polar surface area (TPSA) is 67.6 Å². The maximum atomic E-state index is 12.2.